The molecule has 0 N–H and O–H groups in total. The molecule has 1 aliphatic rings. The number of esters is 1. The van der Waals surface area contributed by atoms with Crippen molar-refractivity contribution in [2.45, 2.75) is 12.3 Å². The molecule has 0 bridgehead atoms. The fraction of sp³-hybridized carbons (Fsp3) is 0.300. The van der Waals surface area contributed by atoms with E-state index >= 15 is 0 Å². The van der Waals surface area contributed by atoms with Crippen LogP contribution in [-0.4, -0.2) is 44.1 Å². The number of rotatable bonds is 4. The van der Waals surface area contributed by atoms with Crippen molar-refractivity contribution in [3.8, 4) is 5.75 Å². The minimum Gasteiger partial charge on any atom is -0.497 e. The van der Waals surface area contributed by atoms with Gasteiger partial charge in [0.2, 0.25) is 0 Å². The van der Waals surface area contributed by atoms with Gasteiger partial charge in [0.15, 0.2) is 0 Å². The molecule has 2 aromatic rings. The lowest BCUT2D eigenvalue weighted by atomic mass is 9.98. The van der Waals surface area contributed by atoms with E-state index in [1.807, 2.05) is 17.0 Å². The predicted molar refractivity (Wildman–Crippen MR) is 94.0 cm³/mol. The van der Waals surface area contributed by atoms with Gasteiger partial charge in [0, 0.05) is 24.6 Å². The van der Waals surface area contributed by atoms with E-state index in [1.54, 1.807) is 31.4 Å². The number of carbonyl (C=O) groups excluding carboxylic acids is 2. The molecular weight excluding hydrogens is 318 g/mol. The van der Waals surface area contributed by atoms with E-state index in [2.05, 4.69) is 16.9 Å². The number of carbonyl (C=O) groups is 2. The maximum atomic E-state index is 12.7. The Balaban J connectivity index is 1.66. The Bertz CT molecular complexity index is 752. The Hall–Kier alpha value is -2.82. The van der Waals surface area contributed by atoms with E-state index in [0.717, 1.165) is 18.7 Å². The van der Waals surface area contributed by atoms with Crippen molar-refractivity contribution in [2.75, 3.05) is 27.3 Å². The predicted octanol–water partition coefficient (Wildman–Crippen LogP) is 3.11. The summed E-state index contributed by atoms with van der Waals surface area (Å²) in [6.45, 7) is 1.43. The minimum atomic E-state index is -0.403. The summed E-state index contributed by atoms with van der Waals surface area (Å²) in [7, 11) is 2.99. The summed E-state index contributed by atoms with van der Waals surface area (Å²) in [5.74, 6) is 0.761. The molecule has 1 saturated heterocycles. The highest BCUT2D eigenvalue weighted by molar-refractivity contribution is 5.96. The summed E-state index contributed by atoms with van der Waals surface area (Å²) in [6.07, 6.45) is 0.943. The van der Waals surface area contributed by atoms with Gasteiger partial charge < -0.3 is 14.4 Å². The maximum Gasteiger partial charge on any atom is 0.337 e. The highest BCUT2D eigenvalue weighted by Crippen LogP contribution is 2.29. The largest absolute Gasteiger partial charge is 0.497 e. The first-order valence-corrected chi connectivity index (χ1v) is 8.24. The van der Waals surface area contributed by atoms with Crippen molar-refractivity contribution < 1.29 is 19.1 Å². The minimum absolute atomic E-state index is 0.00701. The molecule has 1 fully saturated rings. The SMILES string of the molecule is COC(=O)c1ccc(C(=O)N2CC[C@H](c3ccc(OC)cc3)C2)cc1. The van der Waals surface area contributed by atoms with Crippen molar-refractivity contribution >= 4 is 11.9 Å². The van der Waals surface area contributed by atoms with Gasteiger partial charge in [-0.3, -0.25) is 4.79 Å². The second kappa shape index (κ2) is 7.38. The topological polar surface area (TPSA) is 55.8 Å². The molecule has 0 unspecified atom stereocenters. The van der Waals surface area contributed by atoms with Crippen molar-refractivity contribution in [1.29, 1.82) is 0 Å². The average molecular weight is 339 g/mol. The van der Waals surface area contributed by atoms with Crippen LogP contribution < -0.4 is 4.74 Å². The second-order valence-electron chi connectivity index (χ2n) is 6.08. The van der Waals surface area contributed by atoms with Gasteiger partial charge >= 0.3 is 5.97 Å². The summed E-state index contributed by atoms with van der Waals surface area (Å²) < 4.78 is 9.86. The molecule has 0 saturated carbocycles. The van der Waals surface area contributed by atoms with Gasteiger partial charge in [-0.2, -0.15) is 0 Å². The first-order chi connectivity index (χ1) is 12.1. The van der Waals surface area contributed by atoms with Crippen LogP contribution >= 0.6 is 0 Å². The van der Waals surface area contributed by atoms with E-state index < -0.39 is 5.97 Å². The summed E-state index contributed by atoms with van der Waals surface area (Å²) in [4.78, 5) is 26.0. The molecule has 2 aromatic carbocycles. The van der Waals surface area contributed by atoms with Crippen molar-refractivity contribution in [3.05, 3.63) is 65.2 Å². The van der Waals surface area contributed by atoms with Gasteiger partial charge in [-0.25, -0.2) is 4.79 Å². The third-order valence-corrected chi connectivity index (χ3v) is 4.62. The molecule has 1 atom stereocenters. The molecule has 130 valence electrons. The number of nitrogens with zero attached hydrogens (tertiary/aromatic N) is 1. The molecule has 1 aliphatic heterocycles. The molecule has 3 rings (SSSR count). The number of hydrogen-bond acceptors (Lipinski definition) is 4. The second-order valence-corrected chi connectivity index (χ2v) is 6.08. The third kappa shape index (κ3) is 3.65. The molecule has 25 heavy (non-hydrogen) atoms. The zero-order chi connectivity index (χ0) is 17.8. The van der Waals surface area contributed by atoms with Crippen LogP contribution in [0.4, 0.5) is 0 Å². The molecule has 5 heteroatoms. The lowest BCUT2D eigenvalue weighted by Gasteiger charge is -2.17. The number of benzene rings is 2. The van der Waals surface area contributed by atoms with Gasteiger partial charge in [0.05, 0.1) is 19.8 Å². The first kappa shape index (κ1) is 17.0. The Kier molecular flexibility index (Phi) is 5.03. The number of methoxy groups -OCH3 is 2. The van der Waals surface area contributed by atoms with E-state index in [1.165, 1.54) is 12.7 Å². The molecule has 0 aliphatic carbocycles. The number of amides is 1. The summed E-state index contributed by atoms with van der Waals surface area (Å²) in [5, 5.41) is 0. The first-order valence-electron chi connectivity index (χ1n) is 8.24. The Labute approximate surface area is 147 Å². The van der Waals surface area contributed by atoms with E-state index in [0.29, 0.717) is 23.6 Å². The van der Waals surface area contributed by atoms with Crippen molar-refractivity contribution in [1.82, 2.24) is 4.90 Å². The standard InChI is InChI=1S/C20H21NO4/c1-24-18-9-7-14(8-10-18)17-11-12-21(13-17)19(22)15-3-5-16(6-4-15)20(23)25-2/h3-10,17H,11-13H2,1-2H3/t17-/m0/s1. The summed E-state index contributed by atoms with van der Waals surface area (Å²) in [5.41, 5.74) is 2.25. The Morgan fingerprint density at radius 1 is 0.960 bits per heavy atom. The molecule has 1 amide bonds. The zero-order valence-electron chi connectivity index (χ0n) is 14.4. The maximum absolute atomic E-state index is 12.7. The quantitative estimate of drug-likeness (QED) is 0.803. The van der Waals surface area contributed by atoms with Crippen LogP contribution in [0, 0.1) is 0 Å². The third-order valence-electron chi connectivity index (χ3n) is 4.62. The number of likely N-dealkylation sites (tertiary alicyclic amines) is 1. The van der Waals surface area contributed by atoms with Crippen LogP contribution in [0.3, 0.4) is 0 Å². The molecular formula is C20H21NO4. The highest BCUT2D eigenvalue weighted by Gasteiger charge is 2.28. The van der Waals surface area contributed by atoms with Crippen LogP contribution in [0.15, 0.2) is 48.5 Å². The molecule has 5 nitrogen and oxygen atoms in total. The molecule has 0 radical (unpaired) electrons. The van der Waals surface area contributed by atoms with Gasteiger partial charge in [-0.05, 0) is 48.4 Å². The van der Waals surface area contributed by atoms with Gasteiger partial charge in [-0.15, -0.1) is 0 Å². The van der Waals surface area contributed by atoms with E-state index in [9.17, 15) is 9.59 Å². The Morgan fingerprint density at radius 3 is 2.20 bits per heavy atom. The van der Waals surface area contributed by atoms with E-state index in [-0.39, 0.29) is 5.91 Å². The van der Waals surface area contributed by atoms with Gasteiger partial charge in [0.1, 0.15) is 5.75 Å². The lowest BCUT2D eigenvalue weighted by molar-refractivity contribution is 0.0600. The summed E-state index contributed by atoms with van der Waals surface area (Å²) in [6, 6.07) is 14.6. The van der Waals surface area contributed by atoms with E-state index in [4.69, 9.17) is 4.74 Å². The monoisotopic (exact) mass is 339 g/mol. The molecule has 0 aromatic heterocycles. The zero-order valence-corrected chi connectivity index (χ0v) is 14.4. The van der Waals surface area contributed by atoms with Crippen LogP contribution in [0.5, 0.6) is 5.75 Å². The van der Waals surface area contributed by atoms with Crippen LogP contribution in [-0.2, 0) is 4.74 Å². The van der Waals surface area contributed by atoms with Crippen LogP contribution in [0.25, 0.3) is 0 Å². The van der Waals surface area contributed by atoms with Crippen molar-refractivity contribution in [3.63, 3.8) is 0 Å². The number of hydrogen-bond donors (Lipinski definition) is 0. The normalized spacial score (nSPS) is 16.6. The van der Waals surface area contributed by atoms with Gasteiger partial charge in [0.25, 0.3) is 5.91 Å². The van der Waals surface area contributed by atoms with Crippen LogP contribution in [0.2, 0.25) is 0 Å². The van der Waals surface area contributed by atoms with Crippen molar-refractivity contribution in [2.24, 2.45) is 0 Å². The number of ether oxygens (including phenoxy) is 2. The Morgan fingerprint density at radius 2 is 1.60 bits per heavy atom. The highest BCUT2D eigenvalue weighted by atomic mass is 16.5. The molecule has 1 heterocycles. The lowest BCUT2D eigenvalue weighted by Crippen LogP contribution is -2.28. The molecule has 0 spiro atoms. The average Bonchev–Trinajstić information content (AvgIpc) is 3.17. The fourth-order valence-corrected chi connectivity index (χ4v) is 3.14. The smallest absolute Gasteiger partial charge is 0.337 e. The summed E-state index contributed by atoms with van der Waals surface area (Å²) >= 11 is 0. The fourth-order valence-electron chi connectivity index (χ4n) is 3.14. The van der Waals surface area contributed by atoms with Gasteiger partial charge in [-0.1, -0.05) is 12.1 Å². The van der Waals surface area contributed by atoms with Crippen LogP contribution in [0.1, 0.15) is 38.6 Å².